The monoisotopic (exact) mass is 272 g/mol. The fraction of sp³-hybridized carbons (Fsp3) is 0.500. The summed E-state index contributed by atoms with van der Waals surface area (Å²) in [4.78, 5) is 26.2. The number of thiazole rings is 1. The molecule has 0 bridgehead atoms. The highest BCUT2D eigenvalue weighted by Gasteiger charge is 2.19. The Morgan fingerprint density at radius 1 is 1.41 bits per heavy atom. The van der Waals surface area contributed by atoms with Crippen molar-refractivity contribution in [3.8, 4) is 0 Å². The van der Waals surface area contributed by atoms with Crippen molar-refractivity contribution in [3.05, 3.63) is 16.1 Å². The van der Waals surface area contributed by atoms with Gasteiger partial charge in [0.1, 0.15) is 5.69 Å². The Kier molecular flexibility index (Phi) is 4.01. The molecule has 0 unspecified atom stereocenters. The quantitative estimate of drug-likeness (QED) is 0.871. The van der Waals surface area contributed by atoms with Crippen molar-refractivity contribution in [1.29, 1.82) is 0 Å². The van der Waals surface area contributed by atoms with Gasteiger partial charge in [-0.1, -0.05) is 0 Å². The van der Waals surface area contributed by atoms with Crippen LogP contribution in [0.15, 0.2) is 5.38 Å². The van der Waals surface area contributed by atoms with Gasteiger partial charge >= 0.3 is 5.97 Å². The van der Waals surface area contributed by atoms with Crippen LogP contribution in [0, 0.1) is 0 Å². The first-order valence-electron chi connectivity index (χ1n) is 5.24. The van der Waals surface area contributed by atoms with E-state index < -0.39 is 5.97 Å². The van der Waals surface area contributed by atoms with Gasteiger partial charge in [-0.2, -0.15) is 11.8 Å². The second-order valence-electron chi connectivity index (χ2n) is 3.70. The largest absolute Gasteiger partial charge is 0.476 e. The number of aromatic nitrogens is 1. The van der Waals surface area contributed by atoms with E-state index in [1.54, 1.807) is 0 Å². The van der Waals surface area contributed by atoms with Crippen LogP contribution in [0.2, 0.25) is 0 Å². The molecule has 1 aromatic rings. The van der Waals surface area contributed by atoms with Crippen LogP contribution in [0.4, 0.5) is 0 Å². The van der Waals surface area contributed by atoms with E-state index in [1.165, 1.54) is 5.38 Å². The number of carbonyl (C=O) groups excluding carboxylic acids is 1. The van der Waals surface area contributed by atoms with E-state index in [4.69, 9.17) is 5.11 Å². The van der Waals surface area contributed by atoms with Gasteiger partial charge in [0.05, 0.1) is 0 Å². The Hall–Kier alpha value is -1.08. The third-order valence-corrected chi connectivity index (χ3v) is 4.36. The number of nitrogens with zero attached hydrogens (tertiary/aromatic N) is 1. The molecule has 17 heavy (non-hydrogen) atoms. The number of thioether (sulfide) groups is 1. The number of hydrogen-bond acceptors (Lipinski definition) is 5. The van der Waals surface area contributed by atoms with Crippen molar-refractivity contribution < 1.29 is 14.7 Å². The summed E-state index contributed by atoms with van der Waals surface area (Å²) in [7, 11) is 0. The van der Waals surface area contributed by atoms with Crippen LogP contribution in [0.5, 0.6) is 0 Å². The van der Waals surface area contributed by atoms with Crippen molar-refractivity contribution in [2.24, 2.45) is 0 Å². The molecule has 0 aliphatic carbocycles. The molecule has 5 nitrogen and oxygen atoms in total. The number of nitrogens with one attached hydrogen (secondary N) is 1. The number of rotatable bonds is 3. The smallest absolute Gasteiger partial charge is 0.365 e. The minimum absolute atomic E-state index is 0.0469. The molecular formula is C10H12N2O3S2. The van der Waals surface area contributed by atoms with Gasteiger partial charge in [0.15, 0.2) is 0 Å². The van der Waals surface area contributed by atoms with Crippen LogP contribution in [0.1, 0.15) is 33.1 Å². The Morgan fingerprint density at radius 2 is 2.12 bits per heavy atom. The summed E-state index contributed by atoms with van der Waals surface area (Å²) in [6, 6.07) is 0.193. The van der Waals surface area contributed by atoms with E-state index in [0.29, 0.717) is 0 Å². The molecule has 0 saturated carbocycles. The van der Waals surface area contributed by atoms with Crippen molar-refractivity contribution >= 4 is 35.0 Å². The van der Waals surface area contributed by atoms with Crippen molar-refractivity contribution in [2.45, 2.75) is 18.9 Å². The molecule has 92 valence electrons. The number of carboxylic acid groups (broad SMARTS) is 1. The van der Waals surface area contributed by atoms with Crippen LogP contribution in [-0.2, 0) is 0 Å². The van der Waals surface area contributed by atoms with E-state index in [-0.39, 0.29) is 22.7 Å². The molecular weight excluding hydrogens is 260 g/mol. The molecule has 2 N–H and O–H groups in total. The number of amides is 1. The third-order valence-electron chi connectivity index (χ3n) is 2.48. The summed E-state index contributed by atoms with van der Waals surface area (Å²) in [5.41, 5.74) is 0.200. The molecule has 0 aromatic carbocycles. The maximum atomic E-state index is 11.8. The zero-order chi connectivity index (χ0) is 12.3. The highest BCUT2D eigenvalue weighted by atomic mass is 32.2. The maximum Gasteiger partial charge on any atom is 0.365 e. The lowest BCUT2D eigenvalue weighted by molar-refractivity contribution is 0.0696. The van der Waals surface area contributed by atoms with Crippen molar-refractivity contribution in [1.82, 2.24) is 10.3 Å². The standard InChI is InChI=1S/C10H12N2O3S2/c13-8(11-6-1-3-16-4-2-6)7-5-17-9(12-7)10(14)15/h5-6H,1-4H2,(H,11,13)(H,14,15). The van der Waals surface area contributed by atoms with Gasteiger partial charge in [0.2, 0.25) is 5.01 Å². The maximum absolute atomic E-state index is 11.8. The molecule has 1 fully saturated rings. The molecule has 0 atom stereocenters. The molecule has 1 aromatic heterocycles. The predicted octanol–water partition coefficient (Wildman–Crippen LogP) is 1.47. The Balaban J connectivity index is 1.96. The van der Waals surface area contributed by atoms with Crippen molar-refractivity contribution in [2.75, 3.05) is 11.5 Å². The first-order valence-corrected chi connectivity index (χ1v) is 7.27. The number of aromatic carboxylic acids is 1. The molecule has 7 heteroatoms. The zero-order valence-electron chi connectivity index (χ0n) is 9.01. The Morgan fingerprint density at radius 3 is 2.71 bits per heavy atom. The van der Waals surface area contributed by atoms with Gasteiger partial charge in [-0.3, -0.25) is 4.79 Å². The number of hydrogen-bond donors (Lipinski definition) is 2. The minimum Gasteiger partial charge on any atom is -0.476 e. The molecule has 0 radical (unpaired) electrons. The summed E-state index contributed by atoms with van der Waals surface area (Å²) in [5.74, 6) is 0.749. The van der Waals surface area contributed by atoms with E-state index in [9.17, 15) is 9.59 Å². The molecule has 2 heterocycles. The normalized spacial score (nSPS) is 16.7. The fourth-order valence-electron chi connectivity index (χ4n) is 1.58. The molecule has 2 rings (SSSR count). The number of carbonyl (C=O) groups is 2. The summed E-state index contributed by atoms with van der Waals surface area (Å²) in [5, 5.41) is 13.0. The van der Waals surface area contributed by atoms with Crippen LogP contribution < -0.4 is 5.32 Å². The van der Waals surface area contributed by atoms with Gasteiger partial charge in [0, 0.05) is 11.4 Å². The lowest BCUT2D eigenvalue weighted by atomic mass is 10.1. The molecule has 0 spiro atoms. The molecule has 1 saturated heterocycles. The summed E-state index contributed by atoms with van der Waals surface area (Å²) in [6.07, 6.45) is 1.93. The summed E-state index contributed by atoms with van der Waals surface area (Å²) >= 11 is 2.86. The van der Waals surface area contributed by atoms with Gasteiger partial charge in [-0.25, -0.2) is 9.78 Å². The molecule has 1 aliphatic heterocycles. The highest BCUT2D eigenvalue weighted by molar-refractivity contribution is 7.99. The second-order valence-corrected chi connectivity index (χ2v) is 5.79. The van der Waals surface area contributed by atoms with Gasteiger partial charge in [0.25, 0.3) is 5.91 Å². The van der Waals surface area contributed by atoms with Crippen LogP contribution in [0.3, 0.4) is 0 Å². The summed E-state index contributed by atoms with van der Waals surface area (Å²) in [6.45, 7) is 0. The Labute approximate surface area is 107 Å². The van der Waals surface area contributed by atoms with Crippen LogP contribution in [0.25, 0.3) is 0 Å². The Bertz CT molecular complexity index is 427. The first kappa shape index (κ1) is 12.4. The minimum atomic E-state index is -1.09. The van der Waals surface area contributed by atoms with Crippen molar-refractivity contribution in [3.63, 3.8) is 0 Å². The summed E-state index contributed by atoms with van der Waals surface area (Å²) < 4.78 is 0. The van der Waals surface area contributed by atoms with Gasteiger partial charge in [-0.15, -0.1) is 11.3 Å². The topological polar surface area (TPSA) is 79.3 Å². The second kappa shape index (κ2) is 5.50. The van der Waals surface area contributed by atoms with Gasteiger partial charge in [-0.05, 0) is 24.3 Å². The SMILES string of the molecule is O=C(NC1CCSCC1)c1csc(C(=O)O)n1. The van der Waals surface area contributed by atoms with Crippen LogP contribution in [-0.4, -0.2) is 39.5 Å². The third kappa shape index (κ3) is 3.19. The highest BCUT2D eigenvalue weighted by Crippen LogP contribution is 2.17. The fourth-order valence-corrected chi connectivity index (χ4v) is 3.32. The molecule has 1 amide bonds. The van der Waals surface area contributed by atoms with E-state index >= 15 is 0 Å². The van der Waals surface area contributed by atoms with E-state index in [0.717, 1.165) is 35.7 Å². The first-order chi connectivity index (χ1) is 8.16. The van der Waals surface area contributed by atoms with E-state index in [2.05, 4.69) is 10.3 Å². The van der Waals surface area contributed by atoms with Gasteiger partial charge < -0.3 is 10.4 Å². The molecule has 1 aliphatic rings. The zero-order valence-corrected chi connectivity index (χ0v) is 10.6. The lowest BCUT2D eigenvalue weighted by Gasteiger charge is -2.21. The van der Waals surface area contributed by atoms with E-state index in [1.807, 2.05) is 11.8 Å². The average Bonchev–Trinajstić information content (AvgIpc) is 2.79. The lowest BCUT2D eigenvalue weighted by Crippen LogP contribution is -2.37. The average molecular weight is 272 g/mol. The predicted molar refractivity (Wildman–Crippen MR) is 66.9 cm³/mol. The van der Waals surface area contributed by atoms with Crippen LogP contribution >= 0.6 is 23.1 Å². The number of carboxylic acids is 1.